The molecule has 5 nitrogen and oxygen atoms in total. The van der Waals surface area contributed by atoms with Crippen LogP contribution in [0.4, 0.5) is 0 Å². The second-order valence-electron chi connectivity index (χ2n) is 3.22. The first-order valence-corrected chi connectivity index (χ1v) is 4.58. The van der Waals surface area contributed by atoms with Crippen LogP contribution in [0.5, 0.6) is 0 Å². The molecule has 2 heterocycles. The molecule has 0 fully saturated rings. The van der Waals surface area contributed by atoms with Crippen molar-refractivity contribution in [1.29, 1.82) is 0 Å². The monoisotopic (exact) mass is 200 g/mol. The van der Waals surface area contributed by atoms with E-state index >= 15 is 0 Å². The fourth-order valence-electron chi connectivity index (χ4n) is 1.62. The zero-order valence-corrected chi connectivity index (χ0v) is 7.83. The van der Waals surface area contributed by atoms with Gasteiger partial charge in [-0.15, -0.1) is 5.10 Å². The van der Waals surface area contributed by atoms with E-state index in [1.807, 2.05) is 24.3 Å². The van der Waals surface area contributed by atoms with Gasteiger partial charge in [0.25, 0.3) is 0 Å². The molecule has 0 aliphatic carbocycles. The number of rotatable bonds is 1. The van der Waals surface area contributed by atoms with Crippen molar-refractivity contribution in [3.05, 3.63) is 30.5 Å². The molecule has 3 rings (SSSR count). The van der Waals surface area contributed by atoms with Gasteiger partial charge in [-0.25, -0.2) is 0 Å². The normalized spacial score (nSPS) is 11.3. The minimum Gasteiger partial charge on any atom is -0.373 e. The van der Waals surface area contributed by atoms with Crippen molar-refractivity contribution in [2.24, 2.45) is 0 Å². The summed E-state index contributed by atoms with van der Waals surface area (Å²) in [5, 5.41) is 18.2. The molecule has 0 amide bonds. The highest BCUT2D eigenvalue weighted by molar-refractivity contribution is 6.00. The molecule has 0 aliphatic heterocycles. The summed E-state index contributed by atoms with van der Waals surface area (Å²) in [6.45, 7) is -0.219. The van der Waals surface area contributed by atoms with Crippen molar-refractivity contribution in [2.75, 3.05) is 0 Å². The van der Waals surface area contributed by atoms with Crippen molar-refractivity contribution in [2.45, 2.75) is 6.73 Å². The largest absolute Gasteiger partial charge is 0.373 e. The predicted octanol–water partition coefficient (Wildman–Crippen LogP) is 0.929. The van der Waals surface area contributed by atoms with E-state index in [1.165, 1.54) is 4.80 Å². The molecule has 0 saturated carbocycles. The Kier molecular flexibility index (Phi) is 1.66. The molecule has 74 valence electrons. The van der Waals surface area contributed by atoms with E-state index in [-0.39, 0.29) is 6.73 Å². The van der Waals surface area contributed by atoms with E-state index in [0.29, 0.717) is 0 Å². The Morgan fingerprint density at radius 3 is 2.93 bits per heavy atom. The van der Waals surface area contributed by atoms with Crippen LogP contribution in [-0.2, 0) is 6.73 Å². The molecule has 2 aromatic heterocycles. The Labute approximate surface area is 85.0 Å². The Morgan fingerprint density at radius 1 is 1.13 bits per heavy atom. The smallest absolute Gasteiger partial charge is 0.155 e. The zero-order chi connectivity index (χ0) is 10.3. The van der Waals surface area contributed by atoms with Gasteiger partial charge in [-0.2, -0.15) is 9.90 Å². The third-order valence-electron chi connectivity index (χ3n) is 2.29. The van der Waals surface area contributed by atoms with Crippen LogP contribution in [0.1, 0.15) is 0 Å². The molecule has 5 heteroatoms. The second-order valence-corrected chi connectivity index (χ2v) is 3.22. The maximum atomic E-state index is 8.93. The van der Waals surface area contributed by atoms with Gasteiger partial charge in [0, 0.05) is 11.6 Å². The molecule has 3 aromatic rings. The Bertz CT molecular complexity index is 631. The molecule has 0 saturated heterocycles. The summed E-state index contributed by atoms with van der Waals surface area (Å²) in [5.74, 6) is 0. The van der Waals surface area contributed by atoms with Gasteiger partial charge in [0.1, 0.15) is 11.0 Å². The Balaban J connectivity index is 2.47. The van der Waals surface area contributed by atoms with Crippen LogP contribution in [-0.4, -0.2) is 25.1 Å². The van der Waals surface area contributed by atoms with E-state index in [9.17, 15) is 0 Å². The predicted molar refractivity (Wildman–Crippen MR) is 55.0 cm³/mol. The topological polar surface area (TPSA) is 63.8 Å². The average Bonchev–Trinajstić information content (AvgIpc) is 2.72. The molecule has 0 unspecified atom stereocenters. The van der Waals surface area contributed by atoms with Crippen molar-refractivity contribution < 1.29 is 5.11 Å². The number of nitrogens with zero attached hydrogens (tertiary/aromatic N) is 4. The molecule has 0 radical (unpaired) electrons. The molecule has 0 aliphatic rings. The van der Waals surface area contributed by atoms with Crippen LogP contribution < -0.4 is 0 Å². The first-order valence-electron chi connectivity index (χ1n) is 4.58. The Hall–Kier alpha value is -2.01. The van der Waals surface area contributed by atoms with E-state index in [1.54, 1.807) is 6.20 Å². The van der Waals surface area contributed by atoms with Crippen LogP contribution in [0.2, 0.25) is 0 Å². The van der Waals surface area contributed by atoms with Gasteiger partial charge in [-0.05, 0) is 12.1 Å². The summed E-state index contributed by atoms with van der Waals surface area (Å²) in [5.41, 5.74) is 2.28. The highest BCUT2D eigenvalue weighted by Crippen LogP contribution is 2.19. The highest BCUT2D eigenvalue weighted by Gasteiger charge is 2.06. The molecule has 1 aromatic carbocycles. The summed E-state index contributed by atoms with van der Waals surface area (Å²) in [4.78, 5) is 5.51. The lowest BCUT2D eigenvalue weighted by Gasteiger charge is -1.94. The van der Waals surface area contributed by atoms with Crippen LogP contribution >= 0.6 is 0 Å². The summed E-state index contributed by atoms with van der Waals surface area (Å²) in [6, 6.07) is 7.67. The quantitative estimate of drug-likeness (QED) is 0.634. The van der Waals surface area contributed by atoms with E-state index in [2.05, 4.69) is 15.2 Å². The number of pyridine rings is 1. The summed E-state index contributed by atoms with van der Waals surface area (Å²) < 4.78 is 0. The fourth-order valence-corrected chi connectivity index (χ4v) is 1.62. The standard InChI is InChI=1S/C10H8N4O/c15-6-14-12-8-4-3-7-2-1-5-11-9(7)10(8)13-14/h1-5,15H,6H2. The Morgan fingerprint density at radius 2 is 2.07 bits per heavy atom. The lowest BCUT2D eigenvalue weighted by Crippen LogP contribution is -1.99. The molecule has 0 atom stereocenters. The van der Waals surface area contributed by atoms with Crippen molar-refractivity contribution in [3.63, 3.8) is 0 Å². The van der Waals surface area contributed by atoms with E-state index < -0.39 is 0 Å². The zero-order valence-electron chi connectivity index (χ0n) is 7.83. The number of aliphatic hydroxyl groups is 1. The van der Waals surface area contributed by atoms with Crippen LogP contribution in [0.25, 0.3) is 21.9 Å². The molecular weight excluding hydrogens is 192 g/mol. The average molecular weight is 200 g/mol. The maximum Gasteiger partial charge on any atom is 0.155 e. The number of aliphatic hydroxyl groups excluding tert-OH is 1. The van der Waals surface area contributed by atoms with Crippen LogP contribution in [0, 0.1) is 0 Å². The van der Waals surface area contributed by atoms with Crippen molar-refractivity contribution in [3.8, 4) is 0 Å². The second kappa shape index (κ2) is 2.99. The molecular formula is C10H8N4O. The summed E-state index contributed by atoms with van der Waals surface area (Å²) >= 11 is 0. The van der Waals surface area contributed by atoms with E-state index in [4.69, 9.17) is 5.11 Å². The number of hydrogen-bond donors (Lipinski definition) is 1. The summed E-state index contributed by atoms with van der Waals surface area (Å²) in [6.07, 6.45) is 1.72. The van der Waals surface area contributed by atoms with Crippen LogP contribution in [0.3, 0.4) is 0 Å². The minimum atomic E-state index is -0.219. The minimum absolute atomic E-state index is 0.219. The van der Waals surface area contributed by atoms with Gasteiger partial charge in [-0.3, -0.25) is 4.98 Å². The summed E-state index contributed by atoms with van der Waals surface area (Å²) in [7, 11) is 0. The third kappa shape index (κ3) is 1.17. The first-order chi connectivity index (χ1) is 7.38. The van der Waals surface area contributed by atoms with Gasteiger partial charge >= 0.3 is 0 Å². The lowest BCUT2D eigenvalue weighted by molar-refractivity contribution is 0.179. The number of benzene rings is 1. The number of fused-ring (bicyclic) bond motifs is 3. The van der Waals surface area contributed by atoms with Gasteiger partial charge in [0.15, 0.2) is 6.73 Å². The van der Waals surface area contributed by atoms with Crippen LogP contribution in [0.15, 0.2) is 30.5 Å². The SMILES string of the molecule is OCn1nc2ccc3cccnc3c2n1. The van der Waals surface area contributed by atoms with Gasteiger partial charge in [-0.1, -0.05) is 12.1 Å². The van der Waals surface area contributed by atoms with E-state index in [0.717, 1.165) is 21.9 Å². The van der Waals surface area contributed by atoms with Crippen molar-refractivity contribution >= 4 is 21.9 Å². The molecule has 0 bridgehead atoms. The van der Waals surface area contributed by atoms with Gasteiger partial charge < -0.3 is 5.11 Å². The first kappa shape index (κ1) is 8.31. The number of hydrogen-bond acceptors (Lipinski definition) is 4. The van der Waals surface area contributed by atoms with Gasteiger partial charge in [0.05, 0.1) is 5.52 Å². The van der Waals surface area contributed by atoms with Crippen molar-refractivity contribution in [1.82, 2.24) is 20.0 Å². The third-order valence-corrected chi connectivity index (χ3v) is 2.29. The number of aromatic nitrogens is 4. The molecule has 0 spiro atoms. The highest BCUT2D eigenvalue weighted by atomic mass is 16.3. The molecule has 1 N–H and O–H groups in total. The van der Waals surface area contributed by atoms with Gasteiger partial charge in [0.2, 0.25) is 0 Å². The molecule has 15 heavy (non-hydrogen) atoms. The fraction of sp³-hybridized carbons (Fsp3) is 0.100. The maximum absolute atomic E-state index is 8.93. The lowest BCUT2D eigenvalue weighted by atomic mass is 10.2.